The van der Waals surface area contributed by atoms with Gasteiger partial charge in [0.05, 0.1) is 11.6 Å². The summed E-state index contributed by atoms with van der Waals surface area (Å²) in [5, 5.41) is 0.675. The summed E-state index contributed by atoms with van der Waals surface area (Å²) in [5.74, 6) is 1.32. The van der Waals surface area contributed by atoms with E-state index in [0.29, 0.717) is 24.1 Å². The molecule has 3 heteroatoms. The second-order valence-electron chi connectivity index (χ2n) is 4.13. The van der Waals surface area contributed by atoms with E-state index in [4.69, 9.17) is 22.1 Å². The largest absolute Gasteiger partial charge is 0.492 e. The fourth-order valence-electron chi connectivity index (χ4n) is 1.33. The van der Waals surface area contributed by atoms with E-state index in [9.17, 15) is 0 Å². The molecule has 0 radical (unpaired) electrons. The number of nitrogens with two attached hydrogens (primary N) is 1. The molecule has 2 nitrogen and oxygen atoms in total. The fraction of sp³-hybridized carbons (Fsp3) is 0.538. The van der Waals surface area contributed by atoms with Gasteiger partial charge < -0.3 is 10.5 Å². The van der Waals surface area contributed by atoms with Crippen LogP contribution in [0.2, 0.25) is 5.02 Å². The maximum Gasteiger partial charge on any atom is 0.137 e. The Morgan fingerprint density at radius 2 is 2.19 bits per heavy atom. The minimum Gasteiger partial charge on any atom is -0.492 e. The van der Waals surface area contributed by atoms with Crippen LogP contribution in [0.4, 0.5) is 0 Å². The Labute approximate surface area is 103 Å². The van der Waals surface area contributed by atoms with Gasteiger partial charge in [-0.05, 0) is 36.6 Å². The Morgan fingerprint density at radius 3 is 2.75 bits per heavy atom. The Morgan fingerprint density at radius 1 is 1.44 bits per heavy atom. The molecule has 2 N–H and O–H groups in total. The molecule has 0 aliphatic heterocycles. The summed E-state index contributed by atoms with van der Waals surface area (Å²) in [6.07, 6.45) is 1.97. The van der Waals surface area contributed by atoms with Gasteiger partial charge in [0, 0.05) is 0 Å². The number of halogens is 1. The maximum absolute atomic E-state index is 6.13. The van der Waals surface area contributed by atoms with Gasteiger partial charge in [-0.25, -0.2) is 0 Å². The first kappa shape index (κ1) is 13.3. The van der Waals surface area contributed by atoms with Crippen LogP contribution in [-0.2, 0) is 6.42 Å². The van der Waals surface area contributed by atoms with Gasteiger partial charge in [0.25, 0.3) is 0 Å². The molecule has 16 heavy (non-hydrogen) atoms. The first-order chi connectivity index (χ1) is 7.67. The Kier molecular flexibility index (Phi) is 5.64. The molecule has 0 aromatic heterocycles. The lowest BCUT2D eigenvalue weighted by Crippen LogP contribution is -2.08. The highest BCUT2D eigenvalue weighted by Gasteiger charge is 2.05. The van der Waals surface area contributed by atoms with Crippen molar-refractivity contribution in [2.75, 3.05) is 13.2 Å². The summed E-state index contributed by atoms with van der Waals surface area (Å²) >= 11 is 6.13. The summed E-state index contributed by atoms with van der Waals surface area (Å²) in [4.78, 5) is 0. The second kappa shape index (κ2) is 6.77. The van der Waals surface area contributed by atoms with Crippen molar-refractivity contribution < 1.29 is 4.74 Å². The molecule has 0 aliphatic carbocycles. The summed E-state index contributed by atoms with van der Waals surface area (Å²) in [7, 11) is 0. The van der Waals surface area contributed by atoms with E-state index < -0.39 is 0 Å². The van der Waals surface area contributed by atoms with E-state index in [-0.39, 0.29) is 0 Å². The Bertz CT molecular complexity index is 328. The molecule has 1 aromatic carbocycles. The first-order valence-corrected chi connectivity index (χ1v) is 6.16. The molecule has 0 fully saturated rings. The van der Waals surface area contributed by atoms with Crippen LogP contribution in [0.1, 0.15) is 25.8 Å². The number of ether oxygens (including phenoxy) is 1. The van der Waals surface area contributed by atoms with Crippen LogP contribution in [0.5, 0.6) is 5.75 Å². The molecule has 90 valence electrons. The van der Waals surface area contributed by atoms with Crippen LogP contribution in [0.3, 0.4) is 0 Å². The molecule has 0 saturated carbocycles. The zero-order valence-corrected chi connectivity index (χ0v) is 10.8. The van der Waals surface area contributed by atoms with E-state index in [2.05, 4.69) is 13.8 Å². The third kappa shape index (κ3) is 4.03. The van der Waals surface area contributed by atoms with Crippen LogP contribution in [0.15, 0.2) is 18.2 Å². The SMILES string of the molecule is CCC(C)COc1ccc(CCN)cc1Cl. The lowest BCUT2D eigenvalue weighted by molar-refractivity contribution is 0.256. The molecular weight excluding hydrogens is 222 g/mol. The van der Waals surface area contributed by atoms with E-state index in [1.807, 2.05) is 18.2 Å². The maximum atomic E-state index is 6.13. The van der Waals surface area contributed by atoms with Gasteiger partial charge in [0.1, 0.15) is 5.75 Å². The highest BCUT2D eigenvalue weighted by Crippen LogP contribution is 2.26. The van der Waals surface area contributed by atoms with Crippen molar-refractivity contribution in [3.8, 4) is 5.75 Å². The van der Waals surface area contributed by atoms with Crippen LogP contribution in [0.25, 0.3) is 0 Å². The Balaban J connectivity index is 2.60. The average molecular weight is 242 g/mol. The van der Waals surface area contributed by atoms with Gasteiger partial charge in [-0.3, -0.25) is 0 Å². The average Bonchev–Trinajstić information content (AvgIpc) is 2.28. The quantitative estimate of drug-likeness (QED) is 0.830. The molecule has 1 unspecified atom stereocenters. The molecule has 0 amide bonds. The van der Waals surface area contributed by atoms with Gasteiger partial charge in [-0.15, -0.1) is 0 Å². The number of rotatable bonds is 6. The normalized spacial score (nSPS) is 12.5. The summed E-state index contributed by atoms with van der Waals surface area (Å²) in [5.41, 5.74) is 6.65. The molecule has 0 heterocycles. The standard InChI is InChI=1S/C13H20ClNO/c1-3-10(2)9-16-13-5-4-11(6-7-15)8-12(13)14/h4-5,8,10H,3,6-7,9,15H2,1-2H3. The number of hydrogen-bond donors (Lipinski definition) is 1. The third-order valence-corrected chi connectivity index (χ3v) is 2.94. The smallest absolute Gasteiger partial charge is 0.137 e. The van der Waals surface area contributed by atoms with Gasteiger partial charge in [-0.2, -0.15) is 0 Å². The van der Waals surface area contributed by atoms with Gasteiger partial charge in [0.15, 0.2) is 0 Å². The summed E-state index contributed by atoms with van der Waals surface area (Å²) in [6.45, 7) is 5.67. The summed E-state index contributed by atoms with van der Waals surface area (Å²) < 4.78 is 5.66. The van der Waals surface area contributed by atoms with Gasteiger partial charge in [-0.1, -0.05) is 37.9 Å². The topological polar surface area (TPSA) is 35.2 Å². The summed E-state index contributed by atoms with van der Waals surface area (Å²) in [6, 6.07) is 5.88. The van der Waals surface area contributed by atoms with Crippen molar-refractivity contribution in [2.45, 2.75) is 26.7 Å². The molecule has 1 atom stereocenters. The fourth-order valence-corrected chi connectivity index (χ4v) is 1.59. The van der Waals surface area contributed by atoms with Crippen molar-refractivity contribution in [1.82, 2.24) is 0 Å². The van der Waals surface area contributed by atoms with E-state index in [0.717, 1.165) is 24.2 Å². The van der Waals surface area contributed by atoms with Crippen LogP contribution >= 0.6 is 11.6 Å². The molecule has 0 saturated heterocycles. The molecule has 1 rings (SSSR count). The van der Waals surface area contributed by atoms with E-state index in [1.165, 1.54) is 0 Å². The van der Waals surface area contributed by atoms with Crippen molar-refractivity contribution in [1.29, 1.82) is 0 Å². The highest BCUT2D eigenvalue weighted by atomic mass is 35.5. The predicted molar refractivity (Wildman–Crippen MR) is 69.2 cm³/mol. The molecule has 0 spiro atoms. The zero-order valence-electron chi connectivity index (χ0n) is 10.0. The molecule has 0 aliphatic rings. The second-order valence-corrected chi connectivity index (χ2v) is 4.54. The van der Waals surface area contributed by atoms with Crippen LogP contribution in [0, 0.1) is 5.92 Å². The highest BCUT2D eigenvalue weighted by molar-refractivity contribution is 6.32. The minimum atomic E-state index is 0.555. The lowest BCUT2D eigenvalue weighted by atomic mass is 10.1. The molecule has 0 bridgehead atoms. The van der Waals surface area contributed by atoms with Crippen molar-refractivity contribution in [2.24, 2.45) is 11.7 Å². The predicted octanol–water partition coefficient (Wildman–Crippen LogP) is 3.27. The lowest BCUT2D eigenvalue weighted by Gasteiger charge is -2.12. The number of benzene rings is 1. The first-order valence-electron chi connectivity index (χ1n) is 5.78. The third-order valence-electron chi connectivity index (χ3n) is 2.65. The van der Waals surface area contributed by atoms with Crippen molar-refractivity contribution in [3.63, 3.8) is 0 Å². The van der Waals surface area contributed by atoms with E-state index >= 15 is 0 Å². The number of hydrogen-bond acceptors (Lipinski definition) is 2. The van der Waals surface area contributed by atoms with Crippen molar-refractivity contribution >= 4 is 11.6 Å². The van der Waals surface area contributed by atoms with E-state index in [1.54, 1.807) is 0 Å². The molecular formula is C13H20ClNO. The molecule has 1 aromatic rings. The van der Waals surface area contributed by atoms with Crippen LogP contribution in [-0.4, -0.2) is 13.2 Å². The minimum absolute atomic E-state index is 0.555. The zero-order chi connectivity index (χ0) is 12.0. The van der Waals surface area contributed by atoms with Gasteiger partial charge >= 0.3 is 0 Å². The monoisotopic (exact) mass is 241 g/mol. The van der Waals surface area contributed by atoms with Gasteiger partial charge in [0.2, 0.25) is 0 Å². The van der Waals surface area contributed by atoms with Crippen LogP contribution < -0.4 is 10.5 Å². The Hall–Kier alpha value is -0.730. The van der Waals surface area contributed by atoms with Crippen molar-refractivity contribution in [3.05, 3.63) is 28.8 Å².